The molecular weight excluding hydrogens is 429 g/mol. The van der Waals surface area contributed by atoms with Crippen molar-refractivity contribution in [2.75, 3.05) is 7.11 Å². The molecule has 8 heteroatoms. The van der Waals surface area contributed by atoms with Crippen molar-refractivity contribution >= 4 is 35.0 Å². The van der Waals surface area contributed by atoms with Crippen molar-refractivity contribution < 1.29 is 9.15 Å². The normalized spacial score (nSPS) is 11.0. The number of benzene rings is 2. The molecule has 4 aromatic rings. The molecule has 0 unspecified atom stereocenters. The summed E-state index contributed by atoms with van der Waals surface area (Å²) < 4.78 is 12.9. The molecule has 0 N–H and O–H groups in total. The van der Waals surface area contributed by atoms with E-state index in [-0.39, 0.29) is 0 Å². The van der Waals surface area contributed by atoms with Crippen LogP contribution in [0, 0.1) is 0 Å². The summed E-state index contributed by atoms with van der Waals surface area (Å²) in [5.74, 6) is 3.02. The lowest BCUT2D eigenvalue weighted by atomic mass is 10.2. The maximum atomic E-state index is 6.14. The standard InChI is InChI=1S/C21H17Cl2N3O2S/c1-27-16-5-2-4-15(11-16)20-24-25-21(26(20)12-17-6-3-9-28-17)29-13-14-7-8-18(22)19(23)10-14/h2-11H,12-13H2,1H3. The summed E-state index contributed by atoms with van der Waals surface area (Å²) in [4.78, 5) is 0. The molecule has 0 radical (unpaired) electrons. The van der Waals surface area contributed by atoms with E-state index < -0.39 is 0 Å². The van der Waals surface area contributed by atoms with Gasteiger partial charge in [0.1, 0.15) is 11.5 Å². The van der Waals surface area contributed by atoms with Crippen LogP contribution < -0.4 is 4.74 Å². The second-order valence-corrected chi connectivity index (χ2v) is 8.00. The summed E-state index contributed by atoms with van der Waals surface area (Å²) >= 11 is 13.7. The van der Waals surface area contributed by atoms with Crippen LogP contribution in [-0.4, -0.2) is 21.9 Å². The molecular formula is C21H17Cl2N3O2S. The van der Waals surface area contributed by atoms with Crippen LogP contribution in [0.1, 0.15) is 11.3 Å². The second-order valence-electron chi connectivity index (χ2n) is 6.24. The van der Waals surface area contributed by atoms with Crippen LogP contribution >= 0.6 is 35.0 Å². The van der Waals surface area contributed by atoms with Gasteiger partial charge in [-0.25, -0.2) is 0 Å². The number of hydrogen-bond acceptors (Lipinski definition) is 5. The van der Waals surface area contributed by atoms with E-state index in [0.29, 0.717) is 22.3 Å². The Hall–Kier alpha value is -2.41. The van der Waals surface area contributed by atoms with E-state index in [1.807, 2.05) is 53.1 Å². The van der Waals surface area contributed by atoms with Crippen molar-refractivity contribution in [2.45, 2.75) is 17.5 Å². The van der Waals surface area contributed by atoms with Gasteiger partial charge in [0.15, 0.2) is 11.0 Å². The van der Waals surface area contributed by atoms with Crippen molar-refractivity contribution in [3.05, 3.63) is 82.2 Å². The monoisotopic (exact) mass is 445 g/mol. The molecule has 2 aromatic heterocycles. The summed E-state index contributed by atoms with van der Waals surface area (Å²) in [6.07, 6.45) is 1.66. The molecule has 0 aliphatic heterocycles. The average Bonchev–Trinajstić information content (AvgIpc) is 3.39. The molecule has 4 rings (SSSR count). The maximum absolute atomic E-state index is 6.14. The van der Waals surface area contributed by atoms with Gasteiger partial charge in [0.2, 0.25) is 0 Å². The van der Waals surface area contributed by atoms with Gasteiger partial charge in [0.05, 0.1) is 30.0 Å². The first-order chi connectivity index (χ1) is 14.1. The lowest BCUT2D eigenvalue weighted by Crippen LogP contribution is -2.03. The highest BCUT2D eigenvalue weighted by molar-refractivity contribution is 7.98. The van der Waals surface area contributed by atoms with Crippen LogP contribution in [0.2, 0.25) is 10.0 Å². The fourth-order valence-corrected chi connectivity index (χ4v) is 4.05. The van der Waals surface area contributed by atoms with Gasteiger partial charge in [0.25, 0.3) is 0 Å². The highest BCUT2D eigenvalue weighted by Crippen LogP contribution is 2.30. The minimum atomic E-state index is 0.524. The van der Waals surface area contributed by atoms with Crippen LogP contribution in [0.3, 0.4) is 0 Å². The lowest BCUT2D eigenvalue weighted by molar-refractivity contribution is 0.415. The van der Waals surface area contributed by atoms with E-state index >= 15 is 0 Å². The zero-order valence-corrected chi connectivity index (χ0v) is 17.8. The van der Waals surface area contributed by atoms with E-state index in [1.165, 1.54) is 0 Å². The first kappa shape index (κ1) is 19.9. The Labute approximate surface area is 182 Å². The smallest absolute Gasteiger partial charge is 0.192 e. The fraction of sp³-hybridized carbons (Fsp3) is 0.143. The van der Waals surface area contributed by atoms with E-state index in [0.717, 1.165) is 33.6 Å². The average molecular weight is 446 g/mol. The number of methoxy groups -OCH3 is 1. The van der Waals surface area contributed by atoms with E-state index in [9.17, 15) is 0 Å². The zero-order chi connectivity index (χ0) is 20.2. The highest BCUT2D eigenvalue weighted by atomic mass is 35.5. The third kappa shape index (κ3) is 4.61. The van der Waals surface area contributed by atoms with Gasteiger partial charge >= 0.3 is 0 Å². The van der Waals surface area contributed by atoms with Crippen molar-refractivity contribution in [1.82, 2.24) is 14.8 Å². The molecule has 148 valence electrons. The Bertz CT molecular complexity index is 1110. The van der Waals surface area contributed by atoms with Crippen molar-refractivity contribution in [2.24, 2.45) is 0 Å². The number of halogens is 2. The Balaban J connectivity index is 1.65. The third-order valence-corrected chi connectivity index (χ3v) is 6.07. The third-order valence-electron chi connectivity index (χ3n) is 4.29. The lowest BCUT2D eigenvalue weighted by Gasteiger charge is -2.10. The molecule has 2 heterocycles. The predicted molar refractivity (Wildman–Crippen MR) is 116 cm³/mol. The van der Waals surface area contributed by atoms with Gasteiger partial charge < -0.3 is 9.15 Å². The van der Waals surface area contributed by atoms with E-state index in [4.69, 9.17) is 32.4 Å². The highest BCUT2D eigenvalue weighted by Gasteiger charge is 2.16. The minimum Gasteiger partial charge on any atom is -0.497 e. The van der Waals surface area contributed by atoms with Gasteiger partial charge in [-0.1, -0.05) is 53.2 Å². The van der Waals surface area contributed by atoms with Gasteiger partial charge in [-0.05, 0) is 42.0 Å². The molecule has 2 aromatic carbocycles. The van der Waals surface area contributed by atoms with Crippen LogP contribution in [0.5, 0.6) is 5.75 Å². The Kier molecular flexibility index (Phi) is 6.13. The molecule has 0 amide bonds. The second kappa shape index (κ2) is 8.95. The number of nitrogens with zero attached hydrogens (tertiary/aromatic N) is 3. The molecule has 0 bridgehead atoms. The Morgan fingerprint density at radius 3 is 2.69 bits per heavy atom. The number of ether oxygens (including phenoxy) is 1. The molecule has 0 aliphatic rings. The minimum absolute atomic E-state index is 0.524. The largest absolute Gasteiger partial charge is 0.497 e. The van der Waals surface area contributed by atoms with E-state index in [2.05, 4.69) is 10.2 Å². The summed E-state index contributed by atoms with van der Waals surface area (Å²) in [5.41, 5.74) is 1.98. The fourth-order valence-electron chi connectivity index (χ4n) is 2.85. The van der Waals surface area contributed by atoms with Gasteiger partial charge in [-0.15, -0.1) is 10.2 Å². The van der Waals surface area contributed by atoms with Crippen molar-refractivity contribution in [3.8, 4) is 17.1 Å². The number of furan rings is 1. The van der Waals surface area contributed by atoms with Crippen LogP contribution in [0.25, 0.3) is 11.4 Å². The van der Waals surface area contributed by atoms with Gasteiger partial charge in [-0.3, -0.25) is 4.57 Å². The summed E-state index contributed by atoms with van der Waals surface area (Å²) in [6.45, 7) is 0.524. The predicted octanol–water partition coefficient (Wildman–Crippen LogP) is 6.19. The zero-order valence-electron chi connectivity index (χ0n) is 15.5. The first-order valence-corrected chi connectivity index (χ1v) is 10.5. The van der Waals surface area contributed by atoms with E-state index in [1.54, 1.807) is 31.2 Å². The van der Waals surface area contributed by atoms with Crippen molar-refractivity contribution in [3.63, 3.8) is 0 Å². The van der Waals surface area contributed by atoms with Gasteiger partial charge in [-0.2, -0.15) is 0 Å². The molecule has 0 atom stereocenters. The first-order valence-electron chi connectivity index (χ1n) is 8.81. The quantitative estimate of drug-likeness (QED) is 0.317. The maximum Gasteiger partial charge on any atom is 0.192 e. The molecule has 29 heavy (non-hydrogen) atoms. The SMILES string of the molecule is COc1cccc(-c2nnc(SCc3ccc(Cl)c(Cl)c3)n2Cc2ccco2)c1. The van der Waals surface area contributed by atoms with Crippen LogP contribution in [0.4, 0.5) is 0 Å². The molecule has 0 saturated carbocycles. The summed E-state index contributed by atoms with van der Waals surface area (Å²) in [5, 5.41) is 10.7. The Morgan fingerprint density at radius 1 is 1.03 bits per heavy atom. The summed E-state index contributed by atoms with van der Waals surface area (Å²) in [7, 11) is 1.64. The topological polar surface area (TPSA) is 53.1 Å². The molecule has 0 fully saturated rings. The number of aromatic nitrogens is 3. The van der Waals surface area contributed by atoms with Crippen LogP contribution in [0.15, 0.2) is 70.4 Å². The molecule has 0 spiro atoms. The van der Waals surface area contributed by atoms with Crippen LogP contribution in [-0.2, 0) is 12.3 Å². The molecule has 0 aliphatic carbocycles. The van der Waals surface area contributed by atoms with Gasteiger partial charge in [0, 0.05) is 11.3 Å². The molecule has 0 saturated heterocycles. The number of thioether (sulfide) groups is 1. The number of rotatable bonds is 7. The Morgan fingerprint density at radius 2 is 1.93 bits per heavy atom. The number of hydrogen-bond donors (Lipinski definition) is 0. The summed E-state index contributed by atoms with van der Waals surface area (Å²) in [6, 6.07) is 17.2. The van der Waals surface area contributed by atoms with Crippen molar-refractivity contribution in [1.29, 1.82) is 0 Å². The molecule has 5 nitrogen and oxygen atoms in total.